The number of aryl methyl sites for hydroxylation is 2. The van der Waals surface area contributed by atoms with Gasteiger partial charge in [0.2, 0.25) is 11.8 Å². The number of nitrogens with one attached hydrogen (secondary N) is 2. The second-order valence-electron chi connectivity index (χ2n) is 10.4. The average Bonchev–Trinajstić information content (AvgIpc) is 2.64. The van der Waals surface area contributed by atoms with Gasteiger partial charge in [0.05, 0.1) is 0 Å². The van der Waals surface area contributed by atoms with Crippen molar-refractivity contribution in [3.8, 4) is 0 Å². The third kappa shape index (κ3) is 9.06. The summed E-state index contributed by atoms with van der Waals surface area (Å²) in [7, 11) is 0. The molecule has 0 spiro atoms. The molecule has 0 aliphatic rings. The number of carbonyl (C=O) groups is 3. The van der Waals surface area contributed by atoms with Gasteiger partial charge >= 0.3 is 6.09 Å². The molecule has 0 heterocycles. The zero-order chi connectivity index (χ0) is 25.5. The standard InChI is InChI=1S/C26H43N3O4/c1-11-29(24(31)21(14-16(2)3)28-25(32)33-26(8,9)10)22(23(30)27-17(4)5)20-13-12-18(6)19(7)15-20/h12-13,15-17,21-22H,11,14H2,1-10H3,(H,27,30)(H,28,32). The molecule has 186 valence electrons. The number of hydrogen-bond donors (Lipinski definition) is 2. The maximum atomic E-state index is 13.7. The third-order valence-electron chi connectivity index (χ3n) is 5.16. The Kier molecular flexibility index (Phi) is 10.4. The van der Waals surface area contributed by atoms with Crippen molar-refractivity contribution in [2.24, 2.45) is 5.92 Å². The quantitative estimate of drug-likeness (QED) is 0.560. The van der Waals surface area contributed by atoms with Gasteiger partial charge in [-0.3, -0.25) is 9.59 Å². The maximum absolute atomic E-state index is 13.7. The number of ether oxygens (including phenoxy) is 1. The minimum atomic E-state index is -0.806. The molecule has 1 aromatic carbocycles. The molecule has 2 unspecified atom stereocenters. The molecule has 0 saturated carbocycles. The number of amides is 3. The van der Waals surface area contributed by atoms with Gasteiger partial charge in [0.1, 0.15) is 17.7 Å². The van der Waals surface area contributed by atoms with E-state index in [0.29, 0.717) is 13.0 Å². The molecular formula is C26H43N3O4. The fourth-order valence-corrected chi connectivity index (χ4v) is 3.58. The summed E-state index contributed by atoms with van der Waals surface area (Å²) in [5.41, 5.74) is 2.22. The number of hydrogen-bond acceptors (Lipinski definition) is 4. The number of rotatable bonds is 9. The maximum Gasteiger partial charge on any atom is 0.408 e. The van der Waals surface area contributed by atoms with E-state index in [1.165, 1.54) is 0 Å². The van der Waals surface area contributed by atoms with Crippen LogP contribution in [0.4, 0.5) is 4.79 Å². The minimum Gasteiger partial charge on any atom is -0.444 e. The Labute approximate surface area is 199 Å². The molecule has 0 aromatic heterocycles. The van der Waals surface area contributed by atoms with E-state index in [9.17, 15) is 14.4 Å². The summed E-state index contributed by atoms with van der Waals surface area (Å²) in [4.78, 5) is 41.1. The first-order valence-corrected chi connectivity index (χ1v) is 11.8. The summed E-state index contributed by atoms with van der Waals surface area (Å²) in [5, 5.41) is 5.69. The van der Waals surface area contributed by atoms with Gasteiger partial charge in [0, 0.05) is 12.6 Å². The van der Waals surface area contributed by atoms with Crippen molar-refractivity contribution in [3.05, 3.63) is 34.9 Å². The van der Waals surface area contributed by atoms with Gasteiger partial charge in [-0.15, -0.1) is 0 Å². The fourth-order valence-electron chi connectivity index (χ4n) is 3.58. The van der Waals surface area contributed by atoms with Crippen molar-refractivity contribution in [1.82, 2.24) is 15.5 Å². The van der Waals surface area contributed by atoms with Crippen molar-refractivity contribution in [1.29, 1.82) is 0 Å². The third-order valence-corrected chi connectivity index (χ3v) is 5.16. The van der Waals surface area contributed by atoms with Gasteiger partial charge in [0.25, 0.3) is 0 Å². The molecule has 2 N–H and O–H groups in total. The minimum absolute atomic E-state index is 0.0771. The number of nitrogens with zero attached hydrogens (tertiary/aromatic N) is 1. The Morgan fingerprint density at radius 3 is 2.06 bits per heavy atom. The topological polar surface area (TPSA) is 87.7 Å². The van der Waals surface area contributed by atoms with E-state index in [1.54, 1.807) is 25.7 Å². The summed E-state index contributed by atoms with van der Waals surface area (Å²) < 4.78 is 5.39. The lowest BCUT2D eigenvalue weighted by atomic mass is 9.97. The number of benzene rings is 1. The molecule has 33 heavy (non-hydrogen) atoms. The summed E-state index contributed by atoms with van der Waals surface area (Å²) in [6.07, 6.45) is -0.216. The van der Waals surface area contributed by atoms with Gasteiger partial charge in [0.15, 0.2) is 0 Å². The van der Waals surface area contributed by atoms with E-state index in [4.69, 9.17) is 4.74 Å². The van der Waals surface area contributed by atoms with Crippen LogP contribution in [-0.2, 0) is 14.3 Å². The molecule has 1 aromatic rings. The molecule has 0 saturated heterocycles. The van der Waals surface area contributed by atoms with Crippen molar-refractivity contribution in [2.45, 2.75) is 99.4 Å². The van der Waals surface area contributed by atoms with Crippen LogP contribution < -0.4 is 10.6 Å². The number of alkyl carbamates (subject to hydrolysis) is 1. The van der Waals surface area contributed by atoms with Crippen LogP contribution in [-0.4, -0.2) is 47.0 Å². The normalized spacial score (nSPS) is 13.5. The Hall–Kier alpha value is -2.57. The van der Waals surface area contributed by atoms with Gasteiger partial charge in [-0.25, -0.2) is 4.79 Å². The lowest BCUT2D eigenvalue weighted by Gasteiger charge is -2.34. The highest BCUT2D eigenvalue weighted by Crippen LogP contribution is 2.25. The SMILES string of the molecule is CCN(C(=O)C(CC(C)C)NC(=O)OC(C)(C)C)C(C(=O)NC(C)C)c1ccc(C)c(C)c1. The largest absolute Gasteiger partial charge is 0.444 e. The second-order valence-corrected chi connectivity index (χ2v) is 10.4. The highest BCUT2D eigenvalue weighted by atomic mass is 16.6. The number of likely N-dealkylation sites (N-methyl/N-ethyl adjacent to an activating group) is 1. The Bertz CT molecular complexity index is 827. The van der Waals surface area contributed by atoms with E-state index in [2.05, 4.69) is 10.6 Å². The van der Waals surface area contributed by atoms with Crippen molar-refractivity contribution >= 4 is 17.9 Å². The predicted octanol–water partition coefficient (Wildman–Crippen LogP) is 4.66. The first-order chi connectivity index (χ1) is 15.2. The number of carbonyl (C=O) groups excluding carboxylic acids is 3. The van der Waals surface area contributed by atoms with Crippen LogP contribution in [0.15, 0.2) is 18.2 Å². The van der Waals surface area contributed by atoms with Crippen molar-refractivity contribution < 1.29 is 19.1 Å². The zero-order valence-corrected chi connectivity index (χ0v) is 22.0. The average molecular weight is 462 g/mol. The highest BCUT2D eigenvalue weighted by Gasteiger charge is 2.36. The van der Waals surface area contributed by atoms with Crippen LogP contribution in [0.5, 0.6) is 0 Å². The molecule has 7 nitrogen and oxygen atoms in total. The van der Waals surface area contributed by atoms with E-state index in [-0.39, 0.29) is 23.8 Å². The van der Waals surface area contributed by atoms with E-state index < -0.39 is 23.8 Å². The first kappa shape index (κ1) is 28.5. The van der Waals surface area contributed by atoms with Crippen LogP contribution in [0.1, 0.15) is 84.5 Å². The molecule has 0 aliphatic carbocycles. The van der Waals surface area contributed by atoms with Crippen LogP contribution in [0, 0.1) is 19.8 Å². The molecule has 0 aliphatic heterocycles. The zero-order valence-electron chi connectivity index (χ0n) is 22.0. The lowest BCUT2D eigenvalue weighted by Crippen LogP contribution is -2.53. The lowest BCUT2D eigenvalue weighted by molar-refractivity contribution is -0.142. The monoisotopic (exact) mass is 461 g/mol. The van der Waals surface area contributed by atoms with Gasteiger partial charge in [-0.1, -0.05) is 32.0 Å². The van der Waals surface area contributed by atoms with Crippen LogP contribution in [0.25, 0.3) is 0 Å². The van der Waals surface area contributed by atoms with Gasteiger partial charge < -0.3 is 20.3 Å². The predicted molar refractivity (Wildman–Crippen MR) is 132 cm³/mol. The molecule has 3 amide bonds. The molecule has 1 rings (SSSR count). The summed E-state index contributed by atoms with van der Waals surface area (Å²) in [6.45, 7) is 19.2. The molecule has 0 radical (unpaired) electrons. The van der Waals surface area contributed by atoms with Crippen LogP contribution in [0.3, 0.4) is 0 Å². The van der Waals surface area contributed by atoms with Crippen molar-refractivity contribution in [3.63, 3.8) is 0 Å². The van der Waals surface area contributed by atoms with Crippen LogP contribution in [0.2, 0.25) is 0 Å². The summed E-state index contributed by atoms with van der Waals surface area (Å²) in [6, 6.07) is 4.12. The first-order valence-electron chi connectivity index (χ1n) is 11.8. The van der Waals surface area contributed by atoms with Gasteiger partial charge in [-0.2, -0.15) is 0 Å². The molecule has 0 fully saturated rings. The van der Waals surface area contributed by atoms with Crippen LogP contribution >= 0.6 is 0 Å². The van der Waals surface area contributed by atoms with Crippen molar-refractivity contribution in [2.75, 3.05) is 6.54 Å². The van der Waals surface area contributed by atoms with E-state index in [1.807, 2.05) is 66.7 Å². The van der Waals surface area contributed by atoms with Gasteiger partial charge in [-0.05, 0) is 84.4 Å². The van der Waals surface area contributed by atoms with E-state index >= 15 is 0 Å². The molecule has 0 bridgehead atoms. The molecule has 7 heteroatoms. The molecule has 2 atom stereocenters. The smallest absolute Gasteiger partial charge is 0.408 e. The Balaban J connectivity index is 3.38. The molecular weight excluding hydrogens is 418 g/mol. The van der Waals surface area contributed by atoms with E-state index in [0.717, 1.165) is 16.7 Å². The summed E-state index contributed by atoms with van der Waals surface area (Å²) in [5.74, 6) is -0.402. The Morgan fingerprint density at radius 1 is 1.00 bits per heavy atom. The second kappa shape index (κ2) is 12.1. The Morgan fingerprint density at radius 2 is 1.61 bits per heavy atom. The summed E-state index contributed by atoms with van der Waals surface area (Å²) >= 11 is 0. The highest BCUT2D eigenvalue weighted by molar-refractivity contribution is 5.92. The fraction of sp³-hybridized carbons (Fsp3) is 0.654.